The molecule has 0 aromatic heterocycles. The first kappa shape index (κ1) is 24.4. The first-order valence-corrected chi connectivity index (χ1v) is 9.67. The number of carbonyl (C=O) groups is 3. The number of halogens is 1. The summed E-state index contributed by atoms with van der Waals surface area (Å²) >= 11 is 0. The predicted molar refractivity (Wildman–Crippen MR) is 114 cm³/mol. The monoisotopic (exact) mass is 447 g/mol. The minimum atomic E-state index is -0.603. The molecule has 0 bridgehead atoms. The van der Waals surface area contributed by atoms with E-state index in [9.17, 15) is 18.8 Å². The maximum atomic E-state index is 12.9. The molecule has 0 saturated carbocycles. The van der Waals surface area contributed by atoms with E-state index >= 15 is 0 Å². The lowest BCUT2D eigenvalue weighted by Gasteiger charge is -2.22. The van der Waals surface area contributed by atoms with Crippen molar-refractivity contribution in [1.29, 1.82) is 0 Å². The molecule has 0 saturated heterocycles. The van der Waals surface area contributed by atoms with Gasteiger partial charge >= 0.3 is 12.0 Å². The van der Waals surface area contributed by atoms with Gasteiger partial charge in [0, 0.05) is 19.2 Å². The first-order chi connectivity index (χ1) is 15.3. The van der Waals surface area contributed by atoms with Gasteiger partial charge in [-0.1, -0.05) is 12.1 Å². The van der Waals surface area contributed by atoms with Crippen molar-refractivity contribution in [2.24, 2.45) is 0 Å². The van der Waals surface area contributed by atoms with Crippen molar-refractivity contribution < 1.29 is 33.0 Å². The quantitative estimate of drug-likeness (QED) is 0.539. The van der Waals surface area contributed by atoms with Crippen molar-refractivity contribution in [3.8, 4) is 11.5 Å². The summed E-state index contributed by atoms with van der Waals surface area (Å²) in [5.74, 6) is -0.405. The summed E-state index contributed by atoms with van der Waals surface area (Å²) < 4.78 is 28.1. The second-order valence-electron chi connectivity index (χ2n) is 6.71. The molecule has 2 aromatic carbocycles. The average molecular weight is 447 g/mol. The zero-order valence-corrected chi connectivity index (χ0v) is 18.1. The molecule has 10 heteroatoms. The molecular weight excluding hydrogens is 421 g/mol. The van der Waals surface area contributed by atoms with Crippen LogP contribution >= 0.6 is 0 Å². The molecular formula is C22H26FN3O6. The minimum Gasteiger partial charge on any atom is -0.497 e. The smallest absolute Gasteiger partial charge is 0.325 e. The average Bonchev–Trinajstić information content (AvgIpc) is 2.81. The van der Waals surface area contributed by atoms with E-state index in [1.807, 2.05) is 0 Å². The second kappa shape index (κ2) is 12.1. The Bertz CT molecular complexity index is 914. The summed E-state index contributed by atoms with van der Waals surface area (Å²) in [6.07, 6.45) is 0. The summed E-state index contributed by atoms with van der Waals surface area (Å²) in [7, 11) is 4.23. The number of urea groups is 1. The maximum absolute atomic E-state index is 12.9. The topological polar surface area (TPSA) is 106 Å². The number of carbonyl (C=O) groups excluding carboxylic acids is 3. The van der Waals surface area contributed by atoms with E-state index in [-0.39, 0.29) is 32.0 Å². The summed E-state index contributed by atoms with van der Waals surface area (Å²) in [4.78, 5) is 37.8. The van der Waals surface area contributed by atoms with Gasteiger partial charge in [0.2, 0.25) is 5.91 Å². The molecule has 0 atom stereocenters. The van der Waals surface area contributed by atoms with Crippen molar-refractivity contribution >= 4 is 17.9 Å². The van der Waals surface area contributed by atoms with Crippen molar-refractivity contribution in [2.45, 2.75) is 13.1 Å². The van der Waals surface area contributed by atoms with Crippen molar-refractivity contribution in [1.82, 2.24) is 15.5 Å². The van der Waals surface area contributed by atoms with Crippen LogP contribution in [0.1, 0.15) is 11.1 Å². The highest BCUT2D eigenvalue weighted by molar-refractivity contribution is 5.86. The van der Waals surface area contributed by atoms with E-state index in [0.29, 0.717) is 22.6 Å². The van der Waals surface area contributed by atoms with Gasteiger partial charge in [-0.2, -0.15) is 0 Å². The standard InChI is InChI=1S/C22H26FN3O6/c1-30-18-8-16(9-19(10-18)31-2)13-26(14-21(28)32-3)20(27)12-25-22(29)24-11-15-4-6-17(23)7-5-15/h4-10H,11-14H2,1-3H3,(H2,24,25,29). The largest absolute Gasteiger partial charge is 0.497 e. The molecule has 2 N–H and O–H groups in total. The van der Waals surface area contributed by atoms with E-state index in [1.54, 1.807) is 30.3 Å². The van der Waals surface area contributed by atoms with E-state index in [1.165, 1.54) is 38.4 Å². The van der Waals surface area contributed by atoms with Gasteiger partial charge in [-0.3, -0.25) is 9.59 Å². The van der Waals surface area contributed by atoms with E-state index in [0.717, 1.165) is 0 Å². The van der Waals surface area contributed by atoms with Gasteiger partial charge in [-0.15, -0.1) is 0 Å². The van der Waals surface area contributed by atoms with Crippen LogP contribution in [-0.4, -0.2) is 57.2 Å². The molecule has 0 aliphatic rings. The molecule has 0 radical (unpaired) electrons. The van der Waals surface area contributed by atoms with Crippen LogP contribution in [-0.2, 0) is 27.4 Å². The second-order valence-corrected chi connectivity index (χ2v) is 6.71. The molecule has 3 amide bonds. The Morgan fingerprint density at radius 2 is 1.53 bits per heavy atom. The number of ether oxygens (including phenoxy) is 3. The van der Waals surface area contributed by atoms with Crippen LogP contribution in [0, 0.1) is 5.82 Å². The lowest BCUT2D eigenvalue weighted by Crippen LogP contribution is -2.45. The molecule has 0 fully saturated rings. The number of hydrogen-bond acceptors (Lipinski definition) is 6. The highest BCUT2D eigenvalue weighted by Crippen LogP contribution is 2.23. The number of esters is 1. The maximum Gasteiger partial charge on any atom is 0.325 e. The lowest BCUT2D eigenvalue weighted by atomic mass is 10.2. The third-order valence-electron chi connectivity index (χ3n) is 4.45. The van der Waals surface area contributed by atoms with E-state index in [2.05, 4.69) is 15.4 Å². The number of amides is 3. The SMILES string of the molecule is COC(=O)CN(Cc1cc(OC)cc(OC)c1)C(=O)CNC(=O)NCc1ccc(F)cc1. The van der Waals surface area contributed by atoms with Gasteiger partial charge in [0.1, 0.15) is 23.9 Å². The highest BCUT2D eigenvalue weighted by Gasteiger charge is 2.19. The van der Waals surface area contributed by atoms with Crippen LogP contribution in [0.25, 0.3) is 0 Å². The van der Waals surface area contributed by atoms with Crippen molar-refractivity contribution in [2.75, 3.05) is 34.4 Å². The van der Waals surface area contributed by atoms with Gasteiger partial charge in [-0.05, 0) is 35.4 Å². The summed E-state index contributed by atoms with van der Waals surface area (Å²) in [5.41, 5.74) is 1.37. The third-order valence-corrected chi connectivity index (χ3v) is 4.45. The Kier molecular flexibility index (Phi) is 9.27. The number of nitrogens with zero attached hydrogens (tertiary/aromatic N) is 1. The number of hydrogen-bond donors (Lipinski definition) is 2. The molecule has 0 aliphatic heterocycles. The van der Waals surface area contributed by atoms with Crippen LogP contribution in [0.2, 0.25) is 0 Å². The Morgan fingerprint density at radius 1 is 0.906 bits per heavy atom. The van der Waals surface area contributed by atoms with E-state index in [4.69, 9.17) is 9.47 Å². The molecule has 0 spiro atoms. The first-order valence-electron chi connectivity index (χ1n) is 9.67. The number of nitrogens with one attached hydrogen (secondary N) is 2. The molecule has 2 rings (SSSR count). The zero-order valence-electron chi connectivity index (χ0n) is 18.1. The lowest BCUT2D eigenvalue weighted by molar-refractivity contribution is -0.147. The predicted octanol–water partition coefficient (Wildman–Crippen LogP) is 1.84. The van der Waals surface area contributed by atoms with Gasteiger partial charge in [0.25, 0.3) is 0 Å². The molecule has 0 unspecified atom stereocenters. The minimum absolute atomic E-state index is 0.0698. The summed E-state index contributed by atoms with van der Waals surface area (Å²) in [5, 5.41) is 5.03. The highest BCUT2D eigenvalue weighted by atomic mass is 19.1. The molecule has 172 valence electrons. The van der Waals surface area contributed by atoms with Gasteiger partial charge in [0.15, 0.2) is 0 Å². The normalized spacial score (nSPS) is 10.1. The Hall–Kier alpha value is -3.82. The molecule has 32 heavy (non-hydrogen) atoms. The zero-order chi connectivity index (χ0) is 23.5. The molecule has 0 aliphatic carbocycles. The fraction of sp³-hybridized carbons (Fsp3) is 0.318. The summed E-state index contributed by atoms with van der Waals surface area (Å²) in [6.45, 7) is -0.406. The fourth-order valence-electron chi connectivity index (χ4n) is 2.75. The number of rotatable bonds is 10. The Morgan fingerprint density at radius 3 is 2.09 bits per heavy atom. The van der Waals surface area contributed by atoms with Crippen LogP contribution < -0.4 is 20.1 Å². The molecule has 2 aromatic rings. The Labute approximate surface area is 185 Å². The number of benzene rings is 2. The van der Waals surface area contributed by atoms with Crippen LogP contribution in [0.15, 0.2) is 42.5 Å². The fourth-order valence-corrected chi connectivity index (χ4v) is 2.75. The van der Waals surface area contributed by atoms with Crippen LogP contribution in [0.5, 0.6) is 11.5 Å². The van der Waals surface area contributed by atoms with Gasteiger partial charge < -0.3 is 29.7 Å². The van der Waals surface area contributed by atoms with Crippen molar-refractivity contribution in [3.05, 3.63) is 59.4 Å². The Balaban J connectivity index is 1.98. The summed E-state index contributed by atoms with van der Waals surface area (Å²) in [6, 6.07) is 10.2. The third kappa shape index (κ3) is 7.78. The van der Waals surface area contributed by atoms with Crippen LogP contribution in [0.3, 0.4) is 0 Å². The molecule has 9 nitrogen and oxygen atoms in total. The van der Waals surface area contributed by atoms with Gasteiger partial charge in [-0.25, -0.2) is 9.18 Å². The van der Waals surface area contributed by atoms with Crippen molar-refractivity contribution in [3.63, 3.8) is 0 Å². The van der Waals surface area contributed by atoms with E-state index < -0.39 is 17.9 Å². The number of methoxy groups -OCH3 is 3. The molecule has 0 heterocycles. The van der Waals surface area contributed by atoms with Crippen LogP contribution in [0.4, 0.5) is 9.18 Å². The van der Waals surface area contributed by atoms with Gasteiger partial charge in [0.05, 0.1) is 27.9 Å².